The van der Waals surface area contributed by atoms with E-state index in [1.807, 2.05) is 13.8 Å². The van der Waals surface area contributed by atoms with E-state index >= 15 is 0 Å². The highest BCUT2D eigenvalue weighted by molar-refractivity contribution is 7.91. The number of rotatable bonds is 3. The summed E-state index contributed by atoms with van der Waals surface area (Å²) in [6.07, 6.45) is 0.502. The molecule has 2 amide bonds. The van der Waals surface area contributed by atoms with Gasteiger partial charge in [-0.25, -0.2) is 13.2 Å². The molecule has 1 heterocycles. The largest absolute Gasteiger partial charge is 0.332 e. The first-order valence-electron chi connectivity index (χ1n) is 5.59. The molecule has 0 bridgehead atoms. The highest BCUT2D eigenvalue weighted by atomic mass is 32.2. The van der Waals surface area contributed by atoms with Crippen LogP contribution in [0.15, 0.2) is 0 Å². The van der Waals surface area contributed by atoms with Crippen LogP contribution < -0.4 is 5.32 Å². The molecule has 0 spiro atoms. The number of carbonyl (C=O) groups excluding carboxylic acids is 1. The summed E-state index contributed by atoms with van der Waals surface area (Å²) in [5, 5.41) is 2.82. The van der Waals surface area contributed by atoms with Crippen LogP contribution >= 0.6 is 0 Å². The van der Waals surface area contributed by atoms with Crippen LogP contribution in [0.2, 0.25) is 0 Å². The molecule has 0 aromatic heterocycles. The third-order valence-corrected chi connectivity index (χ3v) is 4.87. The highest BCUT2D eigenvalue weighted by Gasteiger charge is 2.39. The van der Waals surface area contributed by atoms with Gasteiger partial charge in [0.05, 0.1) is 17.0 Å². The molecule has 1 N–H and O–H groups in total. The molecule has 0 aromatic rings. The second-order valence-electron chi connectivity index (χ2n) is 4.51. The van der Waals surface area contributed by atoms with Gasteiger partial charge in [-0.15, -0.1) is 0 Å². The molecular weight excluding hydrogens is 228 g/mol. The summed E-state index contributed by atoms with van der Waals surface area (Å²) >= 11 is 0. The van der Waals surface area contributed by atoms with E-state index in [4.69, 9.17) is 0 Å². The summed E-state index contributed by atoms with van der Waals surface area (Å²) in [6, 6.07) is -0.176. The first kappa shape index (κ1) is 13.3. The summed E-state index contributed by atoms with van der Waals surface area (Å²) in [5.74, 6) is 0.217. The van der Waals surface area contributed by atoms with E-state index in [0.29, 0.717) is 19.5 Å². The van der Waals surface area contributed by atoms with E-state index < -0.39 is 15.4 Å². The van der Waals surface area contributed by atoms with Crippen molar-refractivity contribution in [2.24, 2.45) is 0 Å². The number of hydrogen-bond donors (Lipinski definition) is 1. The Hall–Kier alpha value is -0.780. The highest BCUT2D eigenvalue weighted by Crippen LogP contribution is 2.22. The lowest BCUT2D eigenvalue weighted by atomic mass is 10.0. The van der Waals surface area contributed by atoms with Crippen LogP contribution in [0.3, 0.4) is 0 Å². The molecular formula is C10H20N2O3S. The lowest BCUT2D eigenvalue weighted by Gasteiger charge is -2.28. The first-order chi connectivity index (χ1) is 7.32. The quantitative estimate of drug-likeness (QED) is 0.796. The number of hydrogen-bond acceptors (Lipinski definition) is 3. The fourth-order valence-corrected chi connectivity index (χ4v) is 4.05. The summed E-state index contributed by atoms with van der Waals surface area (Å²) in [7, 11) is -2.97. The van der Waals surface area contributed by atoms with Crippen LogP contribution in [0, 0.1) is 0 Å². The van der Waals surface area contributed by atoms with Crippen LogP contribution in [0.4, 0.5) is 4.79 Å². The molecule has 6 heteroatoms. The minimum absolute atomic E-state index is 0.0486. The van der Waals surface area contributed by atoms with Crippen molar-refractivity contribution >= 4 is 15.9 Å². The van der Waals surface area contributed by atoms with Gasteiger partial charge < -0.3 is 10.2 Å². The van der Waals surface area contributed by atoms with Crippen LogP contribution in [0.1, 0.15) is 27.2 Å². The number of amides is 2. The SMILES string of the molecule is CCN(CC)C(=O)N[C@@]1(C)CCS(=O)(=O)C1. The number of nitrogens with one attached hydrogen (secondary N) is 1. The van der Waals surface area contributed by atoms with E-state index in [-0.39, 0.29) is 17.5 Å². The third-order valence-electron chi connectivity index (χ3n) is 2.96. The second kappa shape index (κ2) is 4.61. The molecule has 1 rings (SSSR count). The zero-order chi connectivity index (χ0) is 12.4. The Bertz CT molecular complexity index is 362. The maximum absolute atomic E-state index is 11.8. The van der Waals surface area contributed by atoms with Crippen LogP contribution in [0.5, 0.6) is 0 Å². The monoisotopic (exact) mass is 248 g/mol. The molecule has 5 nitrogen and oxygen atoms in total. The van der Waals surface area contributed by atoms with E-state index in [1.165, 1.54) is 0 Å². The average Bonchev–Trinajstić information content (AvgIpc) is 2.42. The van der Waals surface area contributed by atoms with Gasteiger partial charge in [0.25, 0.3) is 0 Å². The van der Waals surface area contributed by atoms with Crippen molar-refractivity contribution in [3.05, 3.63) is 0 Å². The molecule has 0 aliphatic carbocycles. The standard InChI is InChI=1S/C10H20N2O3S/c1-4-12(5-2)9(13)11-10(3)6-7-16(14,15)8-10/h4-8H2,1-3H3,(H,11,13)/t10-/m0/s1. The second-order valence-corrected chi connectivity index (χ2v) is 6.69. The van der Waals surface area contributed by atoms with Gasteiger partial charge in [-0.05, 0) is 27.2 Å². The van der Waals surface area contributed by atoms with Gasteiger partial charge in [0, 0.05) is 13.1 Å². The van der Waals surface area contributed by atoms with Crippen molar-refractivity contribution in [2.45, 2.75) is 32.7 Å². The van der Waals surface area contributed by atoms with Crippen molar-refractivity contribution in [1.29, 1.82) is 0 Å². The number of urea groups is 1. The molecule has 1 aliphatic rings. The van der Waals surface area contributed by atoms with Gasteiger partial charge in [0.1, 0.15) is 0 Å². The zero-order valence-electron chi connectivity index (χ0n) is 10.1. The molecule has 0 saturated carbocycles. The predicted octanol–water partition coefficient (Wildman–Crippen LogP) is 0.615. The summed E-state index contributed by atoms with van der Waals surface area (Å²) in [5.41, 5.74) is -0.599. The Balaban J connectivity index is 2.64. The van der Waals surface area contributed by atoms with Crippen LogP contribution in [0.25, 0.3) is 0 Å². The molecule has 0 unspecified atom stereocenters. The Morgan fingerprint density at radius 3 is 2.31 bits per heavy atom. The van der Waals surface area contributed by atoms with Gasteiger partial charge in [-0.3, -0.25) is 0 Å². The maximum Gasteiger partial charge on any atom is 0.317 e. The third kappa shape index (κ3) is 3.10. The van der Waals surface area contributed by atoms with Gasteiger partial charge >= 0.3 is 6.03 Å². The smallest absolute Gasteiger partial charge is 0.317 e. The zero-order valence-corrected chi connectivity index (χ0v) is 10.9. The molecule has 16 heavy (non-hydrogen) atoms. The molecule has 0 aromatic carbocycles. The maximum atomic E-state index is 11.8. The van der Waals surface area contributed by atoms with Crippen molar-refractivity contribution in [3.8, 4) is 0 Å². The lowest BCUT2D eigenvalue weighted by Crippen LogP contribution is -2.52. The molecule has 1 atom stereocenters. The fraction of sp³-hybridized carbons (Fsp3) is 0.900. The Kier molecular flexibility index (Phi) is 3.83. The van der Waals surface area contributed by atoms with E-state index in [1.54, 1.807) is 11.8 Å². The molecule has 94 valence electrons. The fourth-order valence-electron chi connectivity index (χ4n) is 1.96. The predicted molar refractivity (Wildman–Crippen MR) is 63.1 cm³/mol. The minimum Gasteiger partial charge on any atom is -0.332 e. The van der Waals surface area contributed by atoms with Crippen LogP contribution in [-0.2, 0) is 9.84 Å². The summed E-state index contributed by atoms with van der Waals surface area (Å²) in [4.78, 5) is 13.4. The van der Waals surface area contributed by atoms with Crippen molar-refractivity contribution in [2.75, 3.05) is 24.6 Å². The molecule has 0 radical (unpaired) electrons. The molecule has 1 fully saturated rings. The average molecular weight is 248 g/mol. The van der Waals surface area contributed by atoms with Gasteiger partial charge in [0.15, 0.2) is 9.84 Å². The number of sulfone groups is 1. The van der Waals surface area contributed by atoms with Gasteiger partial charge in [-0.2, -0.15) is 0 Å². The van der Waals surface area contributed by atoms with Gasteiger partial charge in [0.2, 0.25) is 0 Å². The Morgan fingerprint density at radius 2 is 1.94 bits per heavy atom. The normalized spacial score (nSPS) is 27.7. The minimum atomic E-state index is -2.97. The van der Waals surface area contributed by atoms with E-state index in [2.05, 4.69) is 5.32 Å². The summed E-state index contributed by atoms with van der Waals surface area (Å²) in [6.45, 7) is 6.85. The number of nitrogens with zero attached hydrogens (tertiary/aromatic N) is 1. The lowest BCUT2D eigenvalue weighted by molar-refractivity contribution is 0.192. The van der Waals surface area contributed by atoms with Gasteiger partial charge in [-0.1, -0.05) is 0 Å². The topological polar surface area (TPSA) is 66.5 Å². The Labute approximate surface area is 97.1 Å². The summed E-state index contributed by atoms with van der Waals surface area (Å²) < 4.78 is 22.7. The van der Waals surface area contributed by atoms with E-state index in [0.717, 1.165) is 0 Å². The molecule has 1 saturated heterocycles. The van der Waals surface area contributed by atoms with Crippen molar-refractivity contribution < 1.29 is 13.2 Å². The van der Waals surface area contributed by atoms with Crippen molar-refractivity contribution in [3.63, 3.8) is 0 Å². The van der Waals surface area contributed by atoms with Crippen LogP contribution in [-0.4, -0.2) is 49.5 Å². The molecule has 1 aliphatic heterocycles. The van der Waals surface area contributed by atoms with Crippen molar-refractivity contribution in [1.82, 2.24) is 10.2 Å². The number of carbonyl (C=O) groups is 1. The van der Waals surface area contributed by atoms with E-state index in [9.17, 15) is 13.2 Å². The Morgan fingerprint density at radius 1 is 1.38 bits per heavy atom. The first-order valence-corrected chi connectivity index (χ1v) is 7.41.